The Morgan fingerprint density at radius 3 is 2.04 bits per heavy atom. The molecule has 1 heterocycles. The van der Waals surface area contributed by atoms with Crippen LogP contribution in [0.4, 0.5) is 0 Å². The van der Waals surface area contributed by atoms with Crippen LogP contribution < -0.4 is 30.7 Å². The number of rotatable bonds is 5. The van der Waals surface area contributed by atoms with Crippen molar-refractivity contribution in [1.29, 1.82) is 0 Å². The molecule has 1 aromatic carbocycles. The van der Waals surface area contributed by atoms with Crippen LogP contribution in [-0.2, 0) is 6.42 Å². The van der Waals surface area contributed by atoms with Crippen LogP contribution in [0.1, 0.15) is 18.4 Å². The Labute approximate surface area is 158 Å². The summed E-state index contributed by atoms with van der Waals surface area (Å²) in [4.78, 5) is 0. The number of hydrogen-bond donors (Lipinski definition) is 4. The zero-order valence-corrected chi connectivity index (χ0v) is 16.4. The molecule has 26 heavy (non-hydrogen) atoms. The quantitative estimate of drug-likeness (QED) is 0.626. The zero-order chi connectivity index (χ0) is 18.5. The summed E-state index contributed by atoms with van der Waals surface area (Å²) in [6.45, 7) is 8.41. The van der Waals surface area contributed by atoms with Gasteiger partial charge in [0.2, 0.25) is 0 Å². The van der Waals surface area contributed by atoms with Crippen LogP contribution in [0.15, 0.2) is 18.2 Å². The Morgan fingerprint density at radius 2 is 1.42 bits per heavy atom. The number of ether oxygens (including phenoxy) is 2. The maximum atomic E-state index is 5.42. The smallest absolute Gasteiger partial charge is 0.160 e. The summed E-state index contributed by atoms with van der Waals surface area (Å²) >= 11 is 0. The largest absolute Gasteiger partial charge is 0.493 e. The van der Waals surface area contributed by atoms with E-state index < -0.39 is 0 Å². The summed E-state index contributed by atoms with van der Waals surface area (Å²) in [5.41, 5.74) is 1.30. The lowest BCUT2D eigenvalue weighted by atomic mass is 9.98. The van der Waals surface area contributed by atoms with E-state index in [2.05, 4.69) is 33.4 Å². The Kier molecular flexibility index (Phi) is 10.4. The van der Waals surface area contributed by atoms with E-state index in [4.69, 9.17) is 9.47 Å². The van der Waals surface area contributed by atoms with Crippen LogP contribution in [0.2, 0.25) is 0 Å². The standard InChI is InChI=1S/C20H36N4O2/c1-25-19-7-6-17(14-20(19)26-2)4-5-18-15-23-12-10-21-8-3-9-22-11-13-24-16-18/h6-7,14,18,21-24H,3-5,8-13,15-16H2,1-2H3. The molecule has 0 bridgehead atoms. The first-order valence-corrected chi connectivity index (χ1v) is 9.87. The second-order valence-corrected chi connectivity index (χ2v) is 6.86. The third kappa shape index (κ3) is 7.91. The number of benzene rings is 1. The molecule has 4 N–H and O–H groups in total. The molecule has 0 saturated carbocycles. The van der Waals surface area contributed by atoms with E-state index in [1.807, 2.05) is 6.07 Å². The summed E-state index contributed by atoms with van der Waals surface area (Å²) < 4.78 is 10.7. The summed E-state index contributed by atoms with van der Waals surface area (Å²) in [6.07, 6.45) is 3.38. The number of nitrogens with one attached hydrogen (secondary N) is 4. The molecule has 0 aromatic heterocycles. The summed E-state index contributed by atoms with van der Waals surface area (Å²) in [5.74, 6) is 2.22. The third-order valence-corrected chi connectivity index (χ3v) is 4.82. The van der Waals surface area contributed by atoms with Crippen LogP contribution in [0.5, 0.6) is 11.5 Å². The van der Waals surface area contributed by atoms with Gasteiger partial charge in [-0.05, 0) is 69.1 Å². The van der Waals surface area contributed by atoms with Gasteiger partial charge in [-0.15, -0.1) is 0 Å². The van der Waals surface area contributed by atoms with Gasteiger partial charge in [-0.25, -0.2) is 0 Å². The molecular weight excluding hydrogens is 328 g/mol. The fourth-order valence-electron chi connectivity index (χ4n) is 3.24. The van der Waals surface area contributed by atoms with E-state index in [9.17, 15) is 0 Å². The van der Waals surface area contributed by atoms with Gasteiger partial charge in [-0.2, -0.15) is 0 Å². The molecule has 1 saturated heterocycles. The topological polar surface area (TPSA) is 66.6 Å². The summed E-state index contributed by atoms with van der Waals surface area (Å²) in [5, 5.41) is 14.2. The minimum atomic E-state index is 0.617. The number of hydrogen-bond acceptors (Lipinski definition) is 6. The van der Waals surface area contributed by atoms with E-state index in [0.29, 0.717) is 5.92 Å². The molecule has 1 aliphatic rings. The second-order valence-electron chi connectivity index (χ2n) is 6.86. The number of methoxy groups -OCH3 is 2. The first-order chi connectivity index (χ1) is 12.8. The summed E-state index contributed by atoms with van der Waals surface area (Å²) in [6, 6.07) is 6.23. The first kappa shape index (κ1) is 21.0. The molecule has 1 aliphatic heterocycles. The predicted molar refractivity (Wildman–Crippen MR) is 107 cm³/mol. The van der Waals surface area contributed by atoms with Crippen LogP contribution in [0.3, 0.4) is 0 Å². The van der Waals surface area contributed by atoms with Crippen LogP contribution in [0.25, 0.3) is 0 Å². The molecule has 0 amide bonds. The zero-order valence-electron chi connectivity index (χ0n) is 16.4. The van der Waals surface area contributed by atoms with E-state index in [0.717, 1.165) is 76.7 Å². The molecular formula is C20H36N4O2. The lowest BCUT2D eigenvalue weighted by Gasteiger charge is -2.20. The van der Waals surface area contributed by atoms with Gasteiger partial charge in [0.25, 0.3) is 0 Å². The van der Waals surface area contributed by atoms with E-state index in [1.165, 1.54) is 12.0 Å². The Hall–Kier alpha value is -1.34. The average Bonchev–Trinajstić information content (AvgIpc) is 2.68. The molecule has 1 aromatic rings. The van der Waals surface area contributed by atoms with Crippen molar-refractivity contribution in [2.24, 2.45) is 5.92 Å². The number of aryl methyl sites for hydroxylation is 1. The predicted octanol–water partition coefficient (Wildman–Crippen LogP) is 1.01. The normalized spacial score (nSPS) is 18.8. The van der Waals surface area contributed by atoms with Gasteiger partial charge in [0.1, 0.15) is 0 Å². The first-order valence-electron chi connectivity index (χ1n) is 9.87. The Bertz CT molecular complexity index is 485. The monoisotopic (exact) mass is 364 g/mol. The van der Waals surface area contributed by atoms with Crippen LogP contribution in [-0.4, -0.2) is 66.6 Å². The van der Waals surface area contributed by atoms with Gasteiger partial charge in [0.05, 0.1) is 14.2 Å². The third-order valence-electron chi connectivity index (χ3n) is 4.82. The van der Waals surface area contributed by atoms with Crippen molar-refractivity contribution in [1.82, 2.24) is 21.3 Å². The lowest BCUT2D eigenvalue weighted by Crippen LogP contribution is -2.38. The highest BCUT2D eigenvalue weighted by Crippen LogP contribution is 2.28. The molecule has 0 aliphatic carbocycles. The van der Waals surface area contributed by atoms with Gasteiger partial charge in [0.15, 0.2) is 11.5 Å². The minimum absolute atomic E-state index is 0.617. The minimum Gasteiger partial charge on any atom is -0.493 e. The molecule has 2 rings (SSSR count). The lowest BCUT2D eigenvalue weighted by molar-refractivity contribution is 0.354. The summed E-state index contributed by atoms with van der Waals surface area (Å²) in [7, 11) is 3.36. The van der Waals surface area contributed by atoms with Crippen LogP contribution in [0, 0.1) is 5.92 Å². The highest BCUT2D eigenvalue weighted by Gasteiger charge is 2.11. The average molecular weight is 365 g/mol. The maximum absolute atomic E-state index is 5.42. The van der Waals surface area contributed by atoms with Crippen molar-refractivity contribution >= 4 is 0 Å². The Balaban J connectivity index is 1.83. The molecule has 0 atom stereocenters. The van der Waals surface area contributed by atoms with E-state index in [-0.39, 0.29) is 0 Å². The van der Waals surface area contributed by atoms with Gasteiger partial charge in [-0.3, -0.25) is 0 Å². The van der Waals surface area contributed by atoms with Gasteiger partial charge < -0.3 is 30.7 Å². The van der Waals surface area contributed by atoms with Crippen molar-refractivity contribution in [3.8, 4) is 11.5 Å². The van der Waals surface area contributed by atoms with E-state index in [1.54, 1.807) is 14.2 Å². The second kappa shape index (κ2) is 12.9. The van der Waals surface area contributed by atoms with Gasteiger partial charge in [0, 0.05) is 26.2 Å². The van der Waals surface area contributed by atoms with Crippen LogP contribution >= 0.6 is 0 Å². The maximum Gasteiger partial charge on any atom is 0.160 e. The van der Waals surface area contributed by atoms with Gasteiger partial charge in [-0.1, -0.05) is 6.07 Å². The molecule has 0 radical (unpaired) electrons. The fourth-order valence-corrected chi connectivity index (χ4v) is 3.24. The molecule has 6 nitrogen and oxygen atoms in total. The molecule has 0 spiro atoms. The van der Waals surface area contributed by atoms with E-state index >= 15 is 0 Å². The highest BCUT2D eigenvalue weighted by atomic mass is 16.5. The molecule has 148 valence electrons. The fraction of sp³-hybridized carbons (Fsp3) is 0.700. The highest BCUT2D eigenvalue weighted by molar-refractivity contribution is 5.42. The Morgan fingerprint density at radius 1 is 0.808 bits per heavy atom. The molecule has 0 unspecified atom stereocenters. The van der Waals surface area contributed by atoms with Crippen molar-refractivity contribution in [3.05, 3.63) is 23.8 Å². The van der Waals surface area contributed by atoms with Crippen molar-refractivity contribution < 1.29 is 9.47 Å². The molecule has 1 fully saturated rings. The van der Waals surface area contributed by atoms with Crippen molar-refractivity contribution in [2.75, 3.05) is 66.6 Å². The van der Waals surface area contributed by atoms with Gasteiger partial charge >= 0.3 is 0 Å². The van der Waals surface area contributed by atoms with Crippen molar-refractivity contribution in [3.63, 3.8) is 0 Å². The molecule has 6 heteroatoms. The SMILES string of the molecule is COc1ccc(CCC2CNCCNCCCNCCNC2)cc1OC. The van der Waals surface area contributed by atoms with Crippen molar-refractivity contribution in [2.45, 2.75) is 19.3 Å².